The molecule has 106 heavy (non-hydrogen) atoms. The third kappa shape index (κ3) is 77.1. The Hall–Kier alpha value is -5.06. The zero-order chi connectivity index (χ0) is 77.4. The highest BCUT2D eigenvalue weighted by molar-refractivity contribution is 7.47. The second-order valence-corrected chi connectivity index (χ2v) is 29.9. The van der Waals surface area contributed by atoms with Crippen LogP contribution in [0.1, 0.15) is 323 Å². The number of hydrogen-bond acceptors (Lipinski definition) is 15. The zero-order valence-electron chi connectivity index (χ0n) is 66.3. The lowest BCUT2D eigenvalue weighted by molar-refractivity contribution is -0.161. The van der Waals surface area contributed by atoms with Crippen LogP contribution in [0, 0.1) is 0 Å². The van der Waals surface area contributed by atoms with Crippen molar-refractivity contribution in [2.24, 2.45) is 0 Å². The molecule has 5 atom stereocenters. The Morgan fingerprint density at radius 3 is 0.830 bits per heavy atom. The van der Waals surface area contributed by atoms with Crippen LogP contribution >= 0.6 is 15.6 Å². The molecule has 0 spiro atoms. The number of aliphatic hydroxyl groups is 1. The summed E-state index contributed by atoms with van der Waals surface area (Å²) in [5.74, 6) is -2.31. The van der Waals surface area contributed by atoms with Gasteiger partial charge in [0, 0.05) is 25.7 Å². The van der Waals surface area contributed by atoms with Gasteiger partial charge in [0.2, 0.25) is 0 Å². The summed E-state index contributed by atoms with van der Waals surface area (Å²) in [7, 11) is -10.00. The van der Waals surface area contributed by atoms with E-state index < -0.39 is 97.5 Å². The van der Waals surface area contributed by atoms with Gasteiger partial charge in [0.05, 0.1) is 26.4 Å². The first kappa shape index (κ1) is 101. The van der Waals surface area contributed by atoms with Crippen molar-refractivity contribution in [3.63, 3.8) is 0 Å². The normalized spacial score (nSPS) is 14.6. The van der Waals surface area contributed by atoms with Crippen LogP contribution < -0.4 is 0 Å². The topological polar surface area (TPSA) is 237 Å². The molecule has 0 heterocycles. The summed E-state index contributed by atoms with van der Waals surface area (Å²) in [6.07, 6.45) is 89.7. The number of unbranched alkanes of at least 4 members (excludes halogenated alkanes) is 26. The molecule has 0 aromatic carbocycles. The van der Waals surface area contributed by atoms with E-state index >= 15 is 0 Å². The summed E-state index contributed by atoms with van der Waals surface area (Å²) < 4.78 is 68.6. The summed E-state index contributed by atoms with van der Waals surface area (Å²) in [5.41, 5.74) is 0. The minimum atomic E-state index is -5.00. The van der Waals surface area contributed by atoms with Gasteiger partial charge in [-0.2, -0.15) is 0 Å². The first-order valence-electron chi connectivity index (χ1n) is 41.1. The maximum atomic E-state index is 13.1. The van der Waals surface area contributed by atoms with E-state index in [4.69, 9.17) is 37.0 Å². The highest BCUT2D eigenvalue weighted by Gasteiger charge is 2.30. The van der Waals surface area contributed by atoms with Gasteiger partial charge in [0.25, 0.3) is 0 Å². The summed E-state index contributed by atoms with van der Waals surface area (Å²) in [6.45, 7) is 4.52. The number of phosphoric acid groups is 2. The lowest BCUT2D eigenvalue weighted by Crippen LogP contribution is -2.30. The molecule has 19 heteroatoms. The number of allylic oxidation sites excluding steroid dienone is 24. The first-order chi connectivity index (χ1) is 51.7. The number of phosphoric ester groups is 2. The van der Waals surface area contributed by atoms with E-state index in [9.17, 15) is 43.2 Å². The molecule has 0 aliphatic carbocycles. The Bertz CT molecular complexity index is 2580. The molecule has 0 aromatic rings. The number of esters is 4. The molecular formula is C87H146O17P2. The summed E-state index contributed by atoms with van der Waals surface area (Å²) in [4.78, 5) is 73.1. The Morgan fingerprint density at radius 2 is 0.509 bits per heavy atom. The number of ether oxygens (including phenoxy) is 4. The Morgan fingerprint density at radius 1 is 0.274 bits per heavy atom. The summed E-state index contributed by atoms with van der Waals surface area (Å²) in [6, 6.07) is 0. The van der Waals surface area contributed by atoms with Crippen molar-refractivity contribution in [1.29, 1.82) is 0 Å². The molecule has 0 radical (unpaired) electrons. The van der Waals surface area contributed by atoms with E-state index in [0.29, 0.717) is 32.1 Å². The molecule has 0 fully saturated rings. The van der Waals surface area contributed by atoms with Crippen LogP contribution in [0.5, 0.6) is 0 Å². The number of hydrogen-bond donors (Lipinski definition) is 3. The molecule has 0 bridgehead atoms. The molecule has 0 saturated carbocycles. The van der Waals surface area contributed by atoms with Gasteiger partial charge >= 0.3 is 39.5 Å². The SMILES string of the molecule is CC/C=C\C/C=C\C/C=C\C/C=C\C/C=C\C/C=C\CCC(=O)OCC(COP(=O)(O)OCC(O)COP(=O)(O)OCC(COC(=O)CCCCCC/C=C\C/C=C\C/C=C\C/C=C\CC)OC(=O)CCCCCCC/C=C\C/C=C\CCCCC)OC(=O)CCCCCCCCCCCCCCCCC. The average Bonchev–Trinajstić information content (AvgIpc) is 0.909. The minimum Gasteiger partial charge on any atom is -0.462 e. The van der Waals surface area contributed by atoms with Crippen molar-refractivity contribution in [2.45, 2.75) is 341 Å². The van der Waals surface area contributed by atoms with Crippen LogP contribution in [-0.2, 0) is 65.4 Å². The van der Waals surface area contributed by atoms with Gasteiger partial charge in [-0.25, -0.2) is 9.13 Å². The Labute approximate surface area is 643 Å². The van der Waals surface area contributed by atoms with Crippen molar-refractivity contribution in [2.75, 3.05) is 39.6 Å². The molecule has 0 saturated heterocycles. The van der Waals surface area contributed by atoms with E-state index in [1.54, 1.807) is 0 Å². The lowest BCUT2D eigenvalue weighted by Gasteiger charge is -2.21. The maximum Gasteiger partial charge on any atom is 0.472 e. The van der Waals surface area contributed by atoms with Crippen LogP contribution in [0.4, 0.5) is 0 Å². The number of aliphatic hydroxyl groups excluding tert-OH is 1. The molecule has 0 amide bonds. The van der Waals surface area contributed by atoms with Gasteiger partial charge in [-0.15, -0.1) is 0 Å². The smallest absolute Gasteiger partial charge is 0.462 e. The number of rotatable bonds is 76. The molecular weight excluding hydrogens is 1380 g/mol. The van der Waals surface area contributed by atoms with Gasteiger partial charge in [0.1, 0.15) is 19.3 Å². The van der Waals surface area contributed by atoms with E-state index in [2.05, 4.69) is 155 Å². The van der Waals surface area contributed by atoms with Gasteiger partial charge in [0.15, 0.2) is 12.2 Å². The van der Waals surface area contributed by atoms with Crippen LogP contribution in [0.15, 0.2) is 146 Å². The summed E-state index contributed by atoms with van der Waals surface area (Å²) in [5, 5.41) is 10.7. The largest absolute Gasteiger partial charge is 0.472 e. The molecule has 17 nitrogen and oxygen atoms in total. The number of carbonyl (C=O) groups is 4. The molecule has 5 unspecified atom stereocenters. The lowest BCUT2D eigenvalue weighted by atomic mass is 10.0. The van der Waals surface area contributed by atoms with Crippen LogP contribution in [0.25, 0.3) is 0 Å². The summed E-state index contributed by atoms with van der Waals surface area (Å²) >= 11 is 0. The zero-order valence-corrected chi connectivity index (χ0v) is 68.1. The third-order valence-electron chi connectivity index (χ3n) is 16.8. The fourth-order valence-corrected chi connectivity index (χ4v) is 12.2. The van der Waals surface area contributed by atoms with E-state index in [0.717, 1.165) is 154 Å². The molecule has 0 aliphatic heterocycles. The van der Waals surface area contributed by atoms with Crippen molar-refractivity contribution < 1.29 is 80.2 Å². The molecule has 0 aliphatic rings. The second-order valence-electron chi connectivity index (χ2n) is 27.0. The Balaban J connectivity index is 5.46. The fourth-order valence-electron chi connectivity index (χ4n) is 10.6. The fraction of sp³-hybridized carbons (Fsp3) is 0.678. The second kappa shape index (κ2) is 78.1. The van der Waals surface area contributed by atoms with Crippen LogP contribution in [0.2, 0.25) is 0 Å². The van der Waals surface area contributed by atoms with Crippen LogP contribution in [0.3, 0.4) is 0 Å². The monoisotopic (exact) mass is 1530 g/mol. The molecule has 3 N–H and O–H groups in total. The van der Waals surface area contributed by atoms with Gasteiger partial charge in [-0.3, -0.25) is 37.3 Å². The quantitative estimate of drug-likeness (QED) is 0.0169. The predicted octanol–water partition coefficient (Wildman–Crippen LogP) is 24.2. The van der Waals surface area contributed by atoms with Crippen LogP contribution in [-0.4, -0.2) is 96.7 Å². The molecule has 606 valence electrons. The van der Waals surface area contributed by atoms with Crippen molar-refractivity contribution in [1.82, 2.24) is 0 Å². The third-order valence-corrected chi connectivity index (χ3v) is 18.7. The molecule has 0 aromatic heterocycles. The van der Waals surface area contributed by atoms with Gasteiger partial charge in [-0.05, 0) is 135 Å². The average molecular weight is 1530 g/mol. The highest BCUT2D eigenvalue weighted by Crippen LogP contribution is 2.45. The number of carbonyl (C=O) groups excluding carboxylic acids is 4. The first-order valence-corrected chi connectivity index (χ1v) is 44.1. The highest BCUT2D eigenvalue weighted by atomic mass is 31.2. The Kier molecular flexibility index (Phi) is 74.3. The van der Waals surface area contributed by atoms with Gasteiger partial charge in [-0.1, -0.05) is 308 Å². The van der Waals surface area contributed by atoms with Gasteiger partial charge < -0.3 is 33.8 Å². The van der Waals surface area contributed by atoms with Crippen molar-refractivity contribution in [3.05, 3.63) is 146 Å². The van der Waals surface area contributed by atoms with E-state index in [-0.39, 0.29) is 25.7 Å². The molecule has 0 rings (SSSR count). The predicted molar refractivity (Wildman–Crippen MR) is 436 cm³/mol. The minimum absolute atomic E-state index is 0.0342. The van der Waals surface area contributed by atoms with Crippen molar-refractivity contribution >= 4 is 39.5 Å². The van der Waals surface area contributed by atoms with E-state index in [1.165, 1.54) is 83.5 Å². The maximum absolute atomic E-state index is 13.1. The van der Waals surface area contributed by atoms with Crippen molar-refractivity contribution in [3.8, 4) is 0 Å². The van der Waals surface area contributed by atoms with E-state index in [1.807, 2.05) is 18.2 Å². The standard InChI is InChI=1S/C87H146O17P2/c1-5-9-13-17-21-25-29-33-37-39-40-42-46-48-52-56-60-64-68-72-85(90)98-78-83(104-87(92)74-70-66-62-58-54-50-44-36-32-28-24-20-16-12-8-4)80-102-106(95,96)100-76-81(88)75-99-105(93,94)101-79-82(103-86(91)73-69-65-61-57-53-49-43-35-31-27-23-19-15-11-7-3)77-97-84(89)71-67-63-59-55-51-47-45-41-38-34-30-26-22-18-14-10-6-2/h9-10,13-14,21-23,25-27,33-35,37-38,40,42-43,45,47-48,52,60,64,81-83,88H,5-8,11-12,15-20,24,28-32,36,39,41,44,46,49-51,53-59,61-63,65-80H2,1-4H3,(H,93,94)(H,95,96)/b13-9-,14-10-,25-21-,26-22-,27-23-,37-33-,38-34-,42-40-,43-35-,47-45-,52-48-,64-60-.